The van der Waals surface area contributed by atoms with Gasteiger partial charge < -0.3 is 4.90 Å². The number of hydrogen-bond donors (Lipinski definition) is 0. The molecule has 1 aromatic carbocycles. The van der Waals surface area contributed by atoms with E-state index in [1.807, 2.05) is 6.07 Å². The van der Waals surface area contributed by atoms with E-state index in [4.69, 9.17) is 0 Å². The maximum atomic E-state index is 13.8. The fraction of sp³-hybridized carbons (Fsp3) is 0.160. The summed E-state index contributed by atoms with van der Waals surface area (Å²) in [6.45, 7) is 0.428. The summed E-state index contributed by atoms with van der Waals surface area (Å²) in [5, 5.41) is 0. The molecule has 0 atom stereocenters. The summed E-state index contributed by atoms with van der Waals surface area (Å²) < 4.78 is 53.0. The highest BCUT2D eigenvalue weighted by Crippen LogP contribution is 2.32. The van der Waals surface area contributed by atoms with Crippen molar-refractivity contribution in [2.45, 2.75) is 19.0 Å². The number of aromatic nitrogens is 4. The van der Waals surface area contributed by atoms with E-state index in [9.17, 15) is 22.4 Å². The Morgan fingerprint density at radius 3 is 2.63 bits per heavy atom. The van der Waals surface area contributed by atoms with Crippen molar-refractivity contribution in [2.75, 3.05) is 11.4 Å². The lowest BCUT2D eigenvalue weighted by atomic mass is 9.95. The third kappa shape index (κ3) is 4.59. The summed E-state index contributed by atoms with van der Waals surface area (Å²) in [7, 11) is 0. The number of anilines is 1. The van der Waals surface area contributed by atoms with Gasteiger partial charge in [0.05, 0.1) is 28.8 Å². The molecule has 0 saturated carbocycles. The number of carbonyl (C=O) groups is 1. The summed E-state index contributed by atoms with van der Waals surface area (Å²) in [6, 6.07) is 9.22. The van der Waals surface area contributed by atoms with Gasteiger partial charge in [0, 0.05) is 36.6 Å². The first-order valence-electron chi connectivity index (χ1n) is 10.7. The highest BCUT2D eigenvalue weighted by atomic mass is 19.4. The van der Waals surface area contributed by atoms with Crippen molar-refractivity contribution in [3.8, 4) is 11.4 Å². The molecule has 0 spiro atoms. The molecule has 1 amide bonds. The number of halogens is 4. The molecule has 0 saturated heterocycles. The van der Waals surface area contributed by atoms with Crippen LogP contribution in [0.3, 0.4) is 0 Å². The molecule has 4 aromatic rings. The lowest BCUT2D eigenvalue weighted by molar-refractivity contribution is -0.137. The third-order valence-electron chi connectivity index (χ3n) is 5.71. The van der Waals surface area contributed by atoms with Gasteiger partial charge in [0.25, 0.3) is 5.91 Å². The van der Waals surface area contributed by atoms with E-state index in [1.165, 1.54) is 12.5 Å². The van der Waals surface area contributed by atoms with Crippen LogP contribution in [0.5, 0.6) is 0 Å². The molecule has 10 heteroatoms. The Labute approximate surface area is 197 Å². The Balaban J connectivity index is 1.46. The van der Waals surface area contributed by atoms with Gasteiger partial charge in [0.2, 0.25) is 0 Å². The molecule has 0 radical (unpaired) electrons. The molecule has 0 N–H and O–H groups in total. The van der Waals surface area contributed by atoms with Gasteiger partial charge in [0.15, 0.2) is 0 Å². The maximum Gasteiger partial charge on any atom is 0.416 e. The van der Waals surface area contributed by atoms with E-state index in [0.29, 0.717) is 47.4 Å². The zero-order valence-electron chi connectivity index (χ0n) is 18.1. The minimum Gasteiger partial charge on any atom is -0.306 e. The van der Waals surface area contributed by atoms with Crippen molar-refractivity contribution in [2.24, 2.45) is 0 Å². The Morgan fingerprint density at radius 2 is 1.86 bits per heavy atom. The molecule has 1 aliphatic heterocycles. The van der Waals surface area contributed by atoms with Crippen LogP contribution in [0, 0.1) is 5.82 Å². The molecule has 35 heavy (non-hydrogen) atoms. The van der Waals surface area contributed by atoms with Crippen LogP contribution in [0.1, 0.15) is 32.7 Å². The number of benzene rings is 1. The number of hydrogen-bond acceptors (Lipinski definition) is 5. The Bertz CT molecular complexity index is 1410. The summed E-state index contributed by atoms with van der Waals surface area (Å²) in [5.41, 5.74) is 2.32. The number of rotatable bonds is 4. The first-order valence-corrected chi connectivity index (χ1v) is 10.7. The first kappa shape index (κ1) is 22.6. The number of amides is 1. The molecule has 6 nitrogen and oxygen atoms in total. The minimum absolute atomic E-state index is 0.0287. The zero-order valence-corrected chi connectivity index (χ0v) is 18.1. The second-order valence-corrected chi connectivity index (χ2v) is 8.02. The number of pyridine rings is 2. The Morgan fingerprint density at radius 1 is 1.00 bits per heavy atom. The molecule has 3 aromatic heterocycles. The second kappa shape index (κ2) is 8.86. The van der Waals surface area contributed by atoms with Crippen molar-refractivity contribution in [3.63, 3.8) is 0 Å². The van der Waals surface area contributed by atoms with E-state index in [-0.39, 0.29) is 17.9 Å². The van der Waals surface area contributed by atoms with E-state index in [1.54, 1.807) is 35.5 Å². The highest BCUT2D eigenvalue weighted by Gasteiger charge is 2.31. The minimum atomic E-state index is -4.66. The van der Waals surface area contributed by atoms with Gasteiger partial charge in [-0.15, -0.1) is 0 Å². The summed E-state index contributed by atoms with van der Waals surface area (Å²) in [5.74, 6) is -1.16. The van der Waals surface area contributed by atoms with Gasteiger partial charge in [-0.25, -0.2) is 14.4 Å². The molecule has 176 valence electrons. The van der Waals surface area contributed by atoms with Crippen molar-refractivity contribution in [3.05, 3.63) is 101 Å². The SMILES string of the molecule is O=C1c2ccnc(-c3cc(Cc4cc(F)cc(C(F)(F)F)c4)ncn3)c2CCN1c1cccnc1. The van der Waals surface area contributed by atoms with Crippen molar-refractivity contribution < 1.29 is 22.4 Å². The van der Waals surface area contributed by atoms with Crippen LogP contribution in [-0.2, 0) is 19.0 Å². The lowest BCUT2D eigenvalue weighted by Crippen LogP contribution is -2.38. The van der Waals surface area contributed by atoms with Crippen LogP contribution >= 0.6 is 0 Å². The van der Waals surface area contributed by atoms with Gasteiger partial charge in [-0.1, -0.05) is 0 Å². The summed E-state index contributed by atoms with van der Waals surface area (Å²) >= 11 is 0. The lowest BCUT2D eigenvalue weighted by Gasteiger charge is -2.29. The zero-order chi connectivity index (χ0) is 24.6. The maximum absolute atomic E-state index is 13.8. The smallest absolute Gasteiger partial charge is 0.306 e. The Kier molecular flexibility index (Phi) is 5.72. The van der Waals surface area contributed by atoms with E-state index >= 15 is 0 Å². The largest absolute Gasteiger partial charge is 0.416 e. The molecule has 4 heterocycles. The number of fused-ring (bicyclic) bond motifs is 1. The van der Waals surface area contributed by atoms with E-state index in [0.717, 1.165) is 17.7 Å². The fourth-order valence-corrected chi connectivity index (χ4v) is 4.15. The standard InChI is InChI=1S/C25H17F4N5O/c26-17-9-15(8-16(11-17)25(27,28)29)10-18-12-22(33-14-32-18)23-20-4-7-34(19-2-1-5-30-13-19)24(35)21(20)3-6-31-23/h1-3,5-6,8-9,11-14H,4,7,10H2. The van der Waals surface area contributed by atoms with Crippen LogP contribution < -0.4 is 4.90 Å². The van der Waals surface area contributed by atoms with E-state index in [2.05, 4.69) is 19.9 Å². The average molecular weight is 479 g/mol. The van der Waals surface area contributed by atoms with Crippen LogP contribution in [0.15, 0.2) is 67.4 Å². The van der Waals surface area contributed by atoms with Crippen LogP contribution in [-0.4, -0.2) is 32.4 Å². The molecule has 0 unspecified atom stereocenters. The quantitative estimate of drug-likeness (QED) is 0.390. The fourth-order valence-electron chi connectivity index (χ4n) is 4.15. The molecular formula is C25H17F4N5O. The number of alkyl halides is 3. The van der Waals surface area contributed by atoms with Gasteiger partial charge in [-0.3, -0.25) is 14.8 Å². The third-order valence-corrected chi connectivity index (χ3v) is 5.71. The highest BCUT2D eigenvalue weighted by molar-refractivity contribution is 6.08. The topological polar surface area (TPSA) is 71.9 Å². The molecular weight excluding hydrogens is 462 g/mol. The van der Waals surface area contributed by atoms with Gasteiger partial charge in [-0.2, -0.15) is 13.2 Å². The normalized spacial score (nSPS) is 13.6. The van der Waals surface area contributed by atoms with Gasteiger partial charge in [0.1, 0.15) is 12.1 Å². The summed E-state index contributed by atoms with van der Waals surface area (Å²) in [6.07, 6.45) is 1.89. The molecule has 1 aliphatic rings. The molecule has 0 aliphatic carbocycles. The molecule has 0 fully saturated rings. The summed E-state index contributed by atoms with van der Waals surface area (Å²) in [4.78, 5) is 31.7. The molecule has 5 rings (SSSR count). The predicted octanol–water partition coefficient (Wildman–Crippen LogP) is 4.89. The number of carbonyl (C=O) groups excluding carboxylic acids is 1. The molecule has 0 bridgehead atoms. The Hall–Kier alpha value is -4.21. The second-order valence-electron chi connectivity index (χ2n) is 8.02. The van der Waals surface area contributed by atoms with Crippen LogP contribution in [0.2, 0.25) is 0 Å². The van der Waals surface area contributed by atoms with E-state index < -0.39 is 17.6 Å². The van der Waals surface area contributed by atoms with Crippen LogP contribution in [0.4, 0.5) is 23.2 Å². The van der Waals surface area contributed by atoms with Crippen molar-refractivity contribution in [1.29, 1.82) is 0 Å². The predicted molar refractivity (Wildman–Crippen MR) is 119 cm³/mol. The van der Waals surface area contributed by atoms with Gasteiger partial charge in [-0.05, 0) is 60.0 Å². The van der Waals surface area contributed by atoms with Crippen LogP contribution in [0.25, 0.3) is 11.4 Å². The van der Waals surface area contributed by atoms with Crippen molar-refractivity contribution in [1.82, 2.24) is 19.9 Å². The van der Waals surface area contributed by atoms with Gasteiger partial charge >= 0.3 is 6.18 Å². The number of nitrogens with zero attached hydrogens (tertiary/aromatic N) is 5. The van der Waals surface area contributed by atoms with Crippen molar-refractivity contribution >= 4 is 11.6 Å². The monoisotopic (exact) mass is 479 g/mol. The average Bonchev–Trinajstić information content (AvgIpc) is 2.84. The first-order chi connectivity index (χ1) is 16.8.